The van der Waals surface area contributed by atoms with E-state index in [4.69, 9.17) is 0 Å². The van der Waals surface area contributed by atoms with Gasteiger partial charge in [0.05, 0.1) is 11.6 Å². The van der Waals surface area contributed by atoms with Gasteiger partial charge in [-0.05, 0) is 18.9 Å². The number of aromatic nitrogens is 1. The summed E-state index contributed by atoms with van der Waals surface area (Å²) < 4.78 is 0. The lowest BCUT2D eigenvalue weighted by molar-refractivity contribution is 0.0552. The van der Waals surface area contributed by atoms with Gasteiger partial charge in [0, 0.05) is 42.6 Å². The standard InChI is InChI=1S/C18H18N4O2/c19-10-13-11-21(7-8-22(13)12-5-6-12)18(24)15-9-17(23)20-16-4-2-1-3-14(15)16/h1-4,9,12-13H,5-8,11H2,(H,20,23). The number of fused-ring (bicyclic) bond motifs is 1. The molecule has 1 aromatic heterocycles. The zero-order valence-corrected chi connectivity index (χ0v) is 13.2. The minimum atomic E-state index is -0.287. The third-order valence-electron chi connectivity index (χ3n) is 4.85. The first kappa shape index (κ1) is 14.9. The number of H-pyrrole nitrogens is 1. The minimum Gasteiger partial charge on any atom is -0.335 e. The highest BCUT2D eigenvalue weighted by Gasteiger charge is 2.38. The van der Waals surface area contributed by atoms with Crippen LogP contribution >= 0.6 is 0 Å². The molecule has 1 N–H and O–H groups in total. The molecule has 24 heavy (non-hydrogen) atoms. The Hall–Kier alpha value is -2.65. The van der Waals surface area contributed by atoms with Crippen molar-refractivity contribution in [3.8, 4) is 6.07 Å². The molecule has 1 amide bonds. The monoisotopic (exact) mass is 322 g/mol. The van der Waals surface area contributed by atoms with Crippen molar-refractivity contribution in [1.29, 1.82) is 5.26 Å². The Kier molecular flexibility index (Phi) is 3.58. The Bertz CT molecular complexity index is 894. The first-order valence-electron chi connectivity index (χ1n) is 8.24. The fraction of sp³-hybridized carbons (Fsp3) is 0.389. The molecule has 0 radical (unpaired) electrons. The van der Waals surface area contributed by atoms with Gasteiger partial charge in [0.2, 0.25) is 5.56 Å². The molecule has 2 aromatic rings. The molecule has 1 atom stereocenters. The quantitative estimate of drug-likeness (QED) is 0.905. The van der Waals surface area contributed by atoms with Crippen LogP contribution in [-0.2, 0) is 0 Å². The van der Waals surface area contributed by atoms with Crippen molar-refractivity contribution >= 4 is 16.8 Å². The predicted octanol–water partition coefficient (Wildman–Crippen LogP) is 1.34. The van der Waals surface area contributed by atoms with Crippen LogP contribution in [0.1, 0.15) is 23.2 Å². The van der Waals surface area contributed by atoms with Crippen molar-refractivity contribution in [3.63, 3.8) is 0 Å². The van der Waals surface area contributed by atoms with Crippen LogP contribution in [0.25, 0.3) is 10.9 Å². The molecular formula is C18H18N4O2. The van der Waals surface area contributed by atoms with Crippen LogP contribution in [0.3, 0.4) is 0 Å². The topological polar surface area (TPSA) is 80.2 Å². The highest BCUT2D eigenvalue weighted by molar-refractivity contribution is 6.06. The molecule has 2 heterocycles. The van der Waals surface area contributed by atoms with Crippen LogP contribution < -0.4 is 5.56 Å². The highest BCUT2D eigenvalue weighted by Crippen LogP contribution is 2.30. The number of para-hydroxylation sites is 1. The fourth-order valence-electron chi connectivity index (χ4n) is 3.49. The summed E-state index contributed by atoms with van der Waals surface area (Å²) in [5.41, 5.74) is 0.776. The molecule has 6 nitrogen and oxygen atoms in total. The number of piperazine rings is 1. The number of benzene rings is 1. The van der Waals surface area contributed by atoms with Crippen molar-refractivity contribution in [1.82, 2.24) is 14.8 Å². The second-order valence-corrected chi connectivity index (χ2v) is 6.46. The number of nitrogens with one attached hydrogen (secondary N) is 1. The molecule has 1 saturated carbocycles. The average molecular weight is 322 g/mol. The average Bonchev–Trinajstić information content (AvgIpc) is 3.44. The molecule has 0 bridgehead atoms. The number of carbonyl (C=O) groups excluding carboxylic acids is 1. The van der Waals surface area contributed by atoms with Gasteiger partial charge in [-0.2, -0.15) is 5.26 Å². The summed E-state index contributed by atoms with van der Waals surface area (Å²) in [7, 11) is 0. The smallest absolute Gasteiger partial charge is 0.254 e. The van der Waals surface area contributed by atoms with Crippen molar-refractivity contribution in [2.24, 2.45) is 0 Å². The van der Waals surface area contributed by atoms with Crippen molar-refractivity contribution in [2.75, 3.05) is 19.6 Å². The van der Waals surface area contributed by atoms with Gasteiger partial charge in [-0.1, -0.05) is 18.2 Å². The van der Waals surface area contributed by atoms with Crippen molar-refractivity contribution in [2.45, 2.75) is 24.9 Å². The number of aromatic amines is 1. The molecule has 1 aromatic carbocycles. The number of pyridine rings is 1. The van der Waals surface area contributed by atoms with E-state index in [1.54, 1.807) is 11.0 Å². The van der Waals surface area contributed by atoms with Crippen LogP contribution in [0.15, 0.2) is 35.1 Å². The summed E-state index contributed by atoms with van der Waals surface area (Å²) in [6.07, 6.45) is 2.29. The van der Waals surface area contributed by atoms with Gasteiger partial charge in [0.25, 0.3) is 5.91 Å². The molecule has 2 fully saturated rings. The minimum absolute atomic E-state index is 0.173. The maximum absolute atomic E-state index is 13.0. The molecule has 122 valence electrons. The van der Waals surface area contributed by atoms with Gasteiger partial charge in [-0.25, -0.2) is 0 Å². The normalized spacial score (nSPS) is 21.6. The van der Waals surface area contributed by atoms with Gasteiger partial charge in [-0.3, -0.25) is 14.5 Å². The lowest BCUT2D eigenvalue weighted by Gasteiger charge is -2.38. The van der Waals surface area contributed by atoms with Gasteiger partial charge < -0.3 is 9.88 Å². The number of nitriles is 1. The number of carbonyl (C=O) groups is 1. The third kappa shape index (κ3) is 2.57. The second-order valence-electron chi connectivity index (χ2n) is 6.46. The van der Waals surface area contributed by atoms with Gasteiger partial charge >= 0.3 is 0 Å². The molecular weight excluding hydrogens is 304 g/mol. The zero-order chi connectivity index (χ0) is 16.7. The van der Waals surface area contributed by atoms with Crippen molar-refractivity contribution < 1.29 is 4.79 Å². The molecule has 4 rings (SSSR count). The van der Waals surface area contributed by atoms with Crippen LogP contribution in [0.2, 0.25) is 0 Å². The number of amides is 1. The van der Waals surface area contributed by atoms with E-state index in [1.807, 2.05) is 18.2 Å². The molecule has 2 aliphatic rings. The number of rotatable bonds is 2. The molecule has 1 aliphatic heterocycles. The summed E-state index contributed by atoms with van der Waals surface area (Å²) in [5, 5.41) is 10.2. The van der Waals surface area contributed by atoms with Gasteiger partial charge in [-0.15, -0.1) is 0 Å². The van der Waals surface area contributed by atoms with E-state index in [-0.39, 0.29) is 17.5 Å². The molecule has 1 saturated heterocycles. The highest BCUT2D eigenvalue weighted by atomic mass is 16.2. The Labute approximate surface area is 139 Å². The molecule has 6 heteroatoms. The lowest BCUT2D eigenvalue weighted by atomic mass is 10.1. The summed E-state index contributed by atoms with van der Waals surface area (Å²) in [6, 6.07) is 11.2. The maximum Gasteiger partial charge on any atom is 0.254 e. The maximum atomic E-state index is 13.0. The van der Waals surface area contributed by atoms with E-state index in [0.717, 1.165) is 24.8 Å². The zero-order valence-electron chi connectivity index (χ0n) is 13.2. The summed E-state index contributed by atoms with van der Waals surface area (Å²) >= 11 is 0. The van der Waals surface area contributed by atoms with Gasteiger partial charge in [0.1, 0.15) is 6.04 Å². The summed E-state index contributed by atoms with van der Waals surface area (Å²) in [4.78, 5) is 31.5. The van der Waals surface area contributed by atoms with E-state index in [2.05, 4.69) is 16.0 Å². The van der Waals surface area contributed by atoms with Crippen LogP contribution in [0, 0.1) is 11.3 Å². The number of hydrogen-bond acceptors (Lipinski definition) is 4. The van der Waals surface area contributed by atoms with E-state index in [0.29, 0.717) is 30.2 Å². The Balaban J connectivity index is 1.65. The van der Waals surface area contributed by atoms with E-state index in [9.17, 15) is 14.9 Å². The van der Waals surface area contributed by atoms with Crippen molar-refractivity contribution in [3.05, 3.63) is 46.2 Å². The third-order valence-corrected chi connectivity index (χ3v) is 4.85. The van der Waals surface area contributed by atoms with Crippen LogP contribution in [0.4, 0.5) is 0 Å². The summed E-state index contributed by atoms with van der Waals surface area (Å²) in [6.45, 7) is 1.71. The first-order chi connectivity index (χ1) is 11.7. The van der Waals surface area contributed by atoms with E-state index >= 15 is 0 Å². The van der Waals surface area contributed by atoms with Gasteiger partial charge in [0.15, 0.2) is 0 Å². The largest absolute Gasteiger partial charge is 0.335 e. The Morgan fingerprint density at radius 2 is 2.04 bits per heavy atom. The fourth-order valence-corrected chi connectivity index (χ4v) is 3.49. The lowest BCUT2D eigenvalue weighted by Crippen LogP contribution is -2.55. The number of nitrogens with zero attached hydrogens (tertiary/aromatic N) is 3. The van der Waals surface area contributed by atoms with E-state index < -0.39 is 0 Å². The number of hydrogen-bond donors (Lipinski definition) is 1. The molecule has 0 spiro atoms. The SMILES string of the molecule is N#CC1CN(C(=O)c2cc(=O)[nH]c3ccccc23)CCN1C1CC1. The second kappa shape index (κ2) is 5.77. The Morgan fingerprint density at radius 3 is 2.79 bits per heavy atom. The first-order valence-corrected chi connectivity index (χ1v) is 8.24. The Morgan fingerprint density at radius 1 is 1.25 bits per heavy atom. The summed E-state index contributed by atoms with van der Waals surface area (Å²) in [5.74, 6) is -0.173. The van der Waals surface area contributed by atoms with E-state index in [1.165, 1.54) is 6.07 Å². The molecule has 1 aliphatic carbocycles. The molecule has 1 unspecified atom stereocenters. The van der Waals surface area contributed by atoms with Crippen LogP contribution in [-0.4, -0.2) is 52.4 Å². The van der Waals surface area contributed by atoms with Crippen LogP contribution in [0.5, 0.6) is 0 Å². The predicted molar refractivity (Wildman–Crippen MR) is 89.6 cm³/mol.